The first-order chi connectivity index (χ1) is 6.95. The predicted molar refractivity (Wildman–Crippen MR) is 57.0 cm³/mol. The van der Waals surface area contributed by atoms with Gasteiger partial charge in [0.25, 0.3) is 0 Å². The molecule has 1 aromatic rings. The highest BCUT2D eigenvalue weighted by atomic mass is 15.0. The van der Waals surface area contributed by atoms with Gasteiger partial charge in [0, 0.05) is 31.5 Å². The minimum atomic E-state index is 0.673. The SMILES string of the molecule is c1cncc(CNCC2CCCN2)c1. The second-order valence-electron chi connectivity index (χ2n) is 3.79. The number of hydrogen-bond acceptors (Lipinski definition) is 3. The summed E-state index contributed by atoms with van der Waals surface area (Å²) in [7, 11) is 0. The van der Waals surface area contributed by atoms with Crippen LogP contribution in [0.3, 0.4) is 0 Å². The van der Waals surface area contributed by atoms with E-state index in [0.29, 0.717) is 6.04 Å². The fraction of sp³-hybridized carbons (Fsp3) is 0.545. The summed E-state index contributed by atoms with van der Waals surface area (Å²) in [5, 5.41) is 6.91. The molecule has 3 heteroatoms. The van der Waals surface area contributed by atoms with Crippen LogP contribution in [0, 0.1) is 0 Å². The molecule has 1 atom stereocenters. The molecule has 0 radical (unpaired) electrons. The van der Waals surface area contributed by atoms with Crippen LogP contribution < -0.4 is 10.6 Å². The normalized spacial score (nSPS) is 21.3. The molecule has 0 aliphatic carbocycles. The van der Waals surface area contributed by atoms with Crippen molar-refractivity contribution in [2.24, 2.45) is 0 Å². The molecule has 2 heterocycles. The van der Waals surface area contributed by atoms with Gasteiger partial charge in [-0.25, -0.2) is 0 Å². The molecule has 1 fully saturated rings. The lowest BCUT2D eigenvalue weighted by Gasteiger charge is -2.10. The molecule has 0 aromatic carbocycles. The predicted octanol–water partition coefficient (Wildman–Crippen LogP) is 0.923. The first kappa shape index (κ1) is 9.62. The molecular weight excluding hydrogens is 174 g/mol. The number of pyridine rings is 1. The minimum absolute atomic E-state index is 0.673. The van der Waals surface area contributed by atoms with Crippen LogP contribution >= 0.6 is 0 Å². The first-order valence-electron chi connectivity index (χ1n) is 5.28. The van der Waals surface area contributed by atoms with E-state index < -0.39 is 0 Å². The molecule has 3 nitrogen and oxygen atoms in total. The summed E-state index contributed by atoms with van der Waals surface area (Å²) in [5.41, 5.74) is 1.26. The summed E-state index contributed by atoms with van der Waals surface area (Å²) in [5.74, 6) is 0. The van der Waals surface area contributed by atoms with Crippen LogP contribution in [0.4, 0.5) is 0 Å². The molecule has 1 unspecified atom stereocenters. The topological polar surface area (TPSA) is 37.0 Å². The van der Waals surface area contributed by atoms with E-state index in [1.165, 1.54) is 24.9 Å². The van der Waals surface area contributed by atoms with Crippen molar-refractivity contribution in [3.63, 3.8) is 0 Å². The largest absolute Gasteiger partial charge is 0.313 e. The summed E-state index contributed by atoms with van der Waals surface area (Å²) in [6.07, 6.45) is 6.34. The second-order valence-corrected chi connectivity index (χ2v) is 3.79. The van der Waals surface area contributed by atoms with Crippen LogP contribution in [0.1, 0.15) is 18.4 Å². The molecule has 2 N–H and O–H groups in total. The number of nitrogens with zero attached hydrogens (tertiary/aromatic N) is 1. The highest BCUT2D eigenvalue weighted by Gasteiger charge is 2.12. The van der Waals surface area contributed by atoms with Crippen molar-refractivity contribution in [2.75, 3.05) is 13.1 Å². The van der Waals surface area contributed by atoms with Crippen molar-refractivity contribution >= 4 is 0 Å². The number of rotatable bonds is 4. The van der Waals surface area contributed by atoms with Gasteiger partial charge >= 0.3 is 0 Å². The van der Waals surface area contributed by atoms with Crippen molar-refractivity contribution in [3.05, 3.63) is 30.1 Å². The molecule has 76 valence electrons. The van der Waals surface area contributed by atoms with Crippen molar-refractivity contribution in [1.29, 1.82) is 0 Å². The van der Waals surface area contributed by atoms with Gasteiger partial charge in [-0.2, -0.15) is 0 Å². The second kappa shape index (κ2) is 5.08. The minimum Gasteiger partial charge on any atom is -0.313 e. The van der Waals surface area contributed by atoms with Crippen LogP contribution in [0.15, 0.2) is 24.5 Å². The molecule has 1 aromatic heterocycles. The summed E-state index contributed by atoms with van der Waals surface area (Å²) in [6, 6.07) is 4.75. The molecule has 14 heavy (non-hydrogen) atoms. The van der Waals surface area contributed by atoms with Gasteiger partial charge in [-0.05, 0) is 31.0 Å². The van der Waals surface area contributed by atoms with Crippen molar-refractivity contribution in [1.82, 2.24) is 15.6 Å². The van der Waals surface area contributed by atoms with E-state index in [9.17, 15) is 0 Å². The van der Waals surface area contributed by atoms with Gasteiger partial charge in [-0.15, -0.1) is 0 Å². The third-order valence-electron chi connectivity index (χ3n) is 2.61. The Kier molecular flexibility index (Phi) is 3.49. The molecule has 0 saturated carbocycles. The zero-order valence-electron chi connectivity index (χ0n) is 8.37. The molecule has 0 bridgehead atoms. The Bertz CT molecular complexity index is 254. The van der Waals surface area contributed by atoms with Crippen LogP contribution in [-0.2, 0) is 6.54 Å². The maximum atomic E-state index is 4.08. The summed E-state index contributed by atoms with van der Waals surface area (Å²) in [4.78, 5) is 4.08. The maximum Gasteiger partial charge on any atom is 0.0312 e. The van der Waals surface area contributed by atoms with Crippen LogP contribution in [0.2, 0.25) is 0 Å². The lowest BCUT2D eigenvalue weighted by Crippen LogP contribution is -2.33. The highest BCUT2D eigenvalue weighted by Crippen LogP contribution is 2.03. The third kappa shape index (κ3) is 2.79. The molecule has 1 aliphatic rings. The zero-order chi connectivity index (χ0) is 9.64. The van der Waals surface area contributed by atoms with E-state index in [1.54, 1.807) is 0 Å². The fourth-order valence-corrected chi connectivity index (χ4v) is 1.82. The number of hydrogen-bond donors (Lipinski definition) is 2. The van der Waals surface area contributed by atoms with Crippen LogP contribution in [-0.4, -0.2) is 24.1 Å². The summed E-state index contributed by atoms with van der Waals surface area (Å²) in [6.45, 7) is 3.17. The first-order valence-corrected chi connectivity index (χ1v) is 5.28. The molecule has 1 aliphatic heterocycles. The van der Waals surface area contributed by atoms with E-state index in [-0.39, 0.29) is 0 Å². The standard InChI is InChI=1S/C11H17N3/c1-3-10(7-12-5-1)8-13-9-11-4-2-6-14-11/h1,3,5,7,11,13-14H,2,4,6,8-9H2. The smallest absolute Gasteiger partial charge is 0.0312 e. The lowest BCUT2D eigenvalue weighted by atomic mass is 10.2. The average molecular weight is 191 g/mol. The summed E-state index contributed by atoms with van der Waals surface area (Å²) < 4.78 is 0. The monoisotopic (exact) mass is 191 g/mol. The Hall–Kier alpha value is -0.930. The Morgan fingerprint density at radius 1 is 1.57 bits per heavy atom. The van der Waals surface area contributed by atoms with E-state index in [0.717, 1.165) is 13.1 Å². The van der Waals surface area contributed by atoms with Crippen molar-refractivity contribution in [3.8, 4) is 0 Å². The van der Waals surface area contributed by atoms with Gasteiger partial charge in [-0.1, -0.05) is 6.07 Å². The van der Waals surface area contributed by atoms with Gasteiger partial charge in [0.1, 0.15) is 0 Å². The van der Waals surface area contributed by atoms with Gasteiger partial charge in [0.2, 0.25) is 0 Å². The number of nitrogens with one attached hydrogen (secondary N) is 2. The van der Waals surface area contributed by atoms with E-state index in [1.807, 2.05) is 18.5 Å². The van der Waals surface area contributed by atoms with Crippen LogP contribution in [0.25, 0.3) is 0 Å². The van der Waals surface area contributed by atoms with Gasteiger partial charge < -0.3 is 10.6 Å². The Labute approximate surface area is 84.9 Å². The van der Waals surface area contributed by atoms with Gasteiger partial charge in [0.15, 0.2) is 0 Å². The molecule has 0 spiro atoms. The van der Waals surface area contributed by atoms with Gasteiger partial charge in [-0.3, -0.25) is 4.98 Å². The molecule has 2 rings (SSSR count). The van der Waals surface area contributed by atoms with Crippen molar-refractivity contribution < 1.29 is 0 Å². The summed E-state index contributed by atoms with van der Waals surface area (Å²) >= 11 is 0. The van der Waals surface area contributed by atoms with Gasteiger partial charge in [0.05, 0.1) is 0 Å². The van der Waals surface area contributed by atoms with E-state index in [4.69, 9.17) is 0 Å². The third-order valence-corrected chi connectivity index (χ3v) is 2.61. The molecular formula is C11H17N3. The Morgan fingerprint density at radius 2 is 2.57 bits per heavy atom. The van der Waals surface area contributed by atoms with E-state index >= 15 is 0 Å². The molecule has 0 amide bonds. The Balaban J connectivity index is 1.67. The quantitative estimate of drug-likeness (QED) is 0.743. The lowest BCUT2D eigenvalue weighted by molar-refractivity contribution is 0.535. The number of aromatic nitrogens is 1. The zero-order valence-corrected chi connectivity index (χ0v) is 8.37. The van der Waals surface area contributed by atoms with E-state index in [2.05, 4.69) is 21.7 Å². The van der Waals surface area contributed by atoms with Crippen molar-refractivity contribution in [2.45, 2.75) is 25.4 Å². The highest BCUT2D eigenvalue weighted by molar-refractivity contribution is 5.07. The average Bonchev–Trinajstić information content (AvgIpc) is 2.72. The maximum absolute atomic E-state index is 4.08. The molecule has 1 saturated heterocycles. The fourth-order valence-electron chi connectivity index (χ4n) is 1.82. The Morgan fingerprint density at radius 3 is 3.29 bits per heavy atom. The van der Waals surface area contributed by atoms with Crippen LogP contribution in [0.5, 0.6) is 0 Å².